The molecule has 0 fully saturated rings. The van der Waals surface area contributed by atoms with Gasteiger partial charge in [0.15, 0.2) is 0 Å². The van der Waals surface area contributed by atoms with E-state index in [0.29, 0.717) is 0 Å². The molecule has 32 heteroatoms. The maximum Gasteiger partial charge on any atom is 0.324 e. The van der Waals surface area contributed by atoms with Gasteiger partial charge in [0.25, 0.3) is 0 Å². The number of carboxylic acids is 2. The average molecular weight is 1810 g/mol. The number of thiophene rings is 4. The van der Waals surface area contributed by atoms with Crippen molar-refractivity contribution in [1.29, 1.82) is 0 Å². The Labute approximate surface area is 686 Å². The van der Waals surface area contributed by atoms with Gasteiger partial charge >= 0.3 is 23.9 Å². The molecule has 0 saturated carbocycles. The maximum atomic E-state index is 13.0. The molecular formula is C82H77IN4O19S8. The molecule has 0 radical (unpaired) electrons. The fourth-order valence-corrected chi connectivity index (χ4v) is 23.2. The zero-order valence-corrected chi connectivity index (χ0v) is 71.3. The average Bonchev–Trinajstić information content (AvgIpc) is 1.45. The van der Waals surface area contributed by atoms with Gasteiger partial charge in [-0.2, -0.15) is 18.9 Å². The number of ether oxygens (including phenoxy) is 2. The van der Waals surface area contributed by atoms with Crippen LogP contribution in [0.25, 0.3) is 115 Å². The third-order valence-corrected chi connectivity index (χ3v) is 29.6. The number of esters is 2. The minimum atomic E-state index is -3.97. The predicted molar refractivity (Wildman–Crippen MR) is 458 cm³/mol. The molecule has 0 spiro atoms. The first-order chi connectivity index (χ1) is 54.0. The lowest BCUT2D eigenvalue weighted by atomic mass is 10.1. The van der Waals surface area contributed by atoms with Gasteiger partial charge in [-0.25, -0.2) is 33.7 Å². The van der Waals surface area contributed by atoms with Crippen LogP contribution < -0.4 is 18.9 Å². The Kier molecular flexibility index (Phi) is 25.6. The highest BCUT2D eigenvalue weighted by molar-refractivity contribution is 14.1. The molecule has 7 aromatic heterocycles. The molecule has 23 nitrogen and oxygen atoms in total. The summed E-state index contributed by atoms with van der Waals surface area (Å²) >= 11 is 8.61. The van der Waals surface area contributed by atoms with Crippen molar-refractivity contribution in [1.82, 2.24) is 18.9 Å². The van der Waals surface area contributed by atoms with E-state index in [0.717, 1.165) is 118 Å². The molecule has 0 aliphatic carbocycles. The van der Waals surface area contributed by atoms with E-state index in [1.807, 2.05) is 109 Å². The molecule has 0 aliphatic rings. The smallest absolute Gasteiger partial charge is 0.324 e. The summed E-state index contributed by atoms with van der Waals surface area (Å²) in [4.78, 5) is 47.0. The van der Waals surface area contributed by atoms with Crippen molar-refractivity contribution >= 4 is 213 Å². The summed E-state index contributed by atoms with van der Waals surface area (Å²) in [5.41, 5.74) is 2.86. The number of rotatable bonds is 23. The molecule has 6 N–H and O–H groups in total. The van der Waals surface area contributed by atoms with Crippen LogP contribution in [-0.2, 0) is 68.7 Å². The molecule has 114 heavy (non-hydrogen) atoms. The van der Waals surface area contributed by atoms with E-state index in [9.17, 15) is 63.1 Å². The van der Waals surface area contributed by atoms with Crippen LogP contribution in [0.2, 0.25) is 0 Å². The van der Waals surface area contributed by atoms with Crippen LogP contribution in [0, 0.1) is 27.2 Å². The molecule has 594 valence electrons. The lowest BCUT2D eigenvalue weighted by Crippen LogP contribution is -2.44. The highest BCUT2D eigenvalue weighted by Crippen LogP contribution is 2.42. The summed E-state index contributed by atoms with van der Waals surface area (Å²) < 4.78 is 147. The summed E-state index contributed by atoms with van der Waals surface area (Å²) in [6.45, 7) is 13.7. The number of sulfonamides is 4. The van der Waals surface area contributed by atoms with Crippen LogP contribution in [0.1, 0.15) is 55.4 Å². The standard InChI is InChI=1S/C22H21NO5S2.2C21H19NO5S2.C18H18INO4S2/c1-13(2)21(22(24)27-3)23-30(25,26)15-7-9-19-17(12-15)16-8-6-14(11-20(16)29-19)18-5-4-10-28-18;2*1-12(2)20(21(23)24)22-29(25,26)14-6-8-18-16(11-14)15-7-5-13(10-19(15)28-18)17-4-3-9-27-17;1-10(2)17(18(21)24-3)20-26(22,23)12-5-7-15-14(9-12)13-6-4-11(19)8-16(13)25-15/h4-13,21,23H,1-3H3;2*3-12,20,22H,1-2H3,(H,23,24);4-10,17,20H,1-3H3/t21-;2*20-;17-/m1111/s1. The molecule has 15 rings (SSSR count). The van der Waals surface area contributed by atoms with Gasteiger partial charge in [-0.05, 0) is 186 Å². The Morgan fingerprint density at radius 2 is 0.588 bits per heavy atom. The zero-order chi connectivity index (χ0) is 82.0. The van der Waals surface area contributed by atoms with Crippen LogP contribution in [0.3, 0.4) is 0 Å². The number of halogens is 1. The van der Waals surface area contributed by atoms with Crippen molar-refractivity contribution < 1.29 is 85.8 Å². The lowest BCUT2D eigenvalue weighted by Gasteiger charge is -2.19. The van der Waals surface area contributed by atoms with Gasteiger partial charge in [-0.15, -0.1) is 45.3 Å². The number of nitrogens with one attached hydrogen (secondary N) is 4. The van der Waals surface area contributed by atoms with Gasteiger partial charge in [-0.3, -0.25) is 19.2 Å². The number of benzene rings is 8. The number of aliphatic carboxylic acids is 2. The van der Waals surface area contributed by atoms with Crippen LogP contribution in [0.15, 0.2) is 234 Å². The summed E-state index contributed by atoms with van der Waals surface area (Å²) in [5.74, 6) is -2.53. The number of hydrogen-bond donors (Lipinski definition) is 6. The minimum Gasteiger partial charge on any atom is -0.480 e. The molecule has 8 aromatic carbocycles. The maximum absolute atomic E-state index is 13.0. The second kappa shape index (κ2) is 34.7. The molecule has 0 bridgehead atoms. The first kappa shape index (κ1) is 84.1. The fourth-order valence-electron chi connectivity index (χ4n) is 12.5. The Hall–Kier alpha value is -9.27. The molecular weight excluding hydrogens is 1730 g/mol. The van der Waals surface area contributed by atoms with Crippen LogP contribution in [-0.4, -0.2) is 106 Å². The van der Waals surface area contributed by atoms with E-state index in [-0.39, 0.29) is 43.3 Å². The number of hydrogen-bond acceptors (Lipinski definition) is 21. The topological polar surface area (TPSA) is 351 Å². The number of methoxy groups -OCH3 is 2. The Bertz CT molecular complexity index is 6400. The fraction of sp³-hybridized carbons (Fsp3) is 0.220. The van der Waals surface area contributed by atoms with Gasteiger partial charge in [0.2, 0.25) is 40.1 Å². The van der Waals surface area contributed by atoms with Gasteiger partial charge < -0.3 is 32.9 Å². The first-order valence-electron chi connectivity index (χ1n) is 35.4. The Morgan fingerprint density at radius 1 is 0.333 bits per heavy atom. The van der Waals surface area contributed by atoms with Crippen molar-refractivity contribution in [3.63, 3.8) is 0 Å². The molecule has 7 heterocycles. The number of carbonyl (C=O) groups is 4. The van der Waals surface area contributed by atoms with Crippen molar-refractivity contribution in [3.8, 4) is 34.0 Å². The Balaban J connectivity index is 0.000000141. The predicted octanol–water partition coefficient (Wildman–Crippen LogP) is 18.3. The van der Waals surface area contributed by atoms with Gasteiger partial charge in [0, 0.05) is 101 Å². The summed E-state index contributed by atoms with van der Waals surface area (Å²) in [6, 6.07) is 50.5. The van der Waals surface area contributed by atoms with E-state index in [1.165, 1.54) is 26.4 Å². The molecule has 0 aliphatic heterocycles. The van der Waals surface area contributed by atoms with Gasteiger partial charge in [0.1, 0.15) is 41.4 Å². The monoisotopic (exact) mass is 1800 g/mol. The Morgan fingerprint density at radius 3 is 0.825 bits per heavy atom. The number of furan rings is 3. The van der Waals surface area contributed by atoms with Crippen molar-refractivity contribution in [2.45, 2.75) is 99.1 Å². The molecule has 15 aromatic rings. The second-order valence-electron chi connectivity index (χ2n) is 27.8. The number of carbonyl (C=O) groups excluding carboxylic acids is 2. The van der Waals surface area contributed by atoms with Crippen molar-refractivity contribution in [2.75, 3.05) is 14.2 Å². The highest BCUT2D eigenvalue weighted by atomic mass is 127. The normalized spacial score (nSPS) is 13.3. The first-order valence-corrected chi connectivity index (χ1v) is 45.7. The molecule has 4 atom stereocenters. The van der Waals surface area contributed by atoms with E-state index < -0.39 is 88.1 Å². The molecule has 0 saturated heterocycles. The second-order valence-corrected chi connectivity index (χ2v) is 40.3. The third-order valence-electron chi connectivity index (χ3n) is 18.6. The van der Waals surface area contributed by atoms with Crippen molar-refractivity contribution in [3.05, 3.63) is 204 Å². The van der Waals surface area contributed by atoms with Crippen LogP contribution in [0.5, 0.6) is 0 Å². The lowest BCUT2D eigenvalue weighted by molar-refractivity contribution is -0.144. The summed E-state index contributed by atoms with van der Waals surface area (Å²) in [7, 11) is -13.2. The highest BCUT2D eigenvalue weighted by Gasteiger charge is 2.34. The van der Waals surface area contributed by atoms with E-state index in [1.54, 1.807) is 174 Å². The molecule has 0 amide bonds. The third kappa shape index (κ3) is 18.5. The number of fused-ring (bicyclic) bond motifs is 12. The minimum absolute atomic E-state index is 0.0479. The SMILES string of the molecule is CC(C)[C@@H](NS(=O)(=O)c1ccc2sc3cc(-c4ccco4)ccc3c2c1)C(=O)O.CC(C)[C@@H](NS(=O)(=O)c1ccc2sc3cc(-c4ccco4)ccc3c2c1)C(=O)O.COC(=O)[C@H](NS(=O)(=O)c1ccc2sc3cc(-c4ccco4)ccc3c2c1)C(C)C.COC(=O)[C@H](NS(=O)(=O)c1ccc2sc3cc(I)ccc3c2c1)C(C)C. The number of carboxylic acid groups (broad SMARTS) is 2. The van der Waals surface area contributed by atoms with Crippen molar-refractivity contribution in [2.24, 2.45) is 23.7 Å². The molecule has 0 unspecified atom stereocenters. The van der Waals surface area contributed by atoms with Crippen LogP contribution in [0.4, 0.5) is 0 Å². The zero-order valence-electron chi connectivity index (χ0n) is 62.6. The summed E-state index contributed by atoms with van der Waals surface area (Å²) in [6.07, 6.45) is 4.87. The van der Waals surface area contributed by atoms with Crippen LogP contribution >= 0.6 is 67.9 Å². The van der Waals surface area contributed by atoms with Gasteiger partial charge in [-0.1, -0.05) is 97.9 Å². The van der Waals surface area contributed by atoms with Gasteiger partial charge in [0.05, 0.1) is 52.6 Å². The van der Waals surface area contributed by atoms with E-state index in [4.69, 9.17) is 22.7 Å². The quantitative estimate of drug-likeness (QED) is 0.0256. The van der Waals surface area contributed by atoms with E-state index in [2.05, 4.69) is 47.5 Å². The summed E-state index contributed by atoms with van der Waals surface area (Å²) in [5, 5.41) is 25.9. The largest absolute Gasteiger partial charge is 0.480 e. The van der Waals surface area contributed by atoms with E-state index >= 15 is 0 Å².